The van der Waals surface area contributed by atoms with Crippen LogP contribution in [-0.2, 0) is 9.31 Å². The lowest BCUT2D eigenvalue weighted by molar-refractivity contribution is 0.00578. The Morgan fingerprint density at radius 2 is 1.81 bits per heavy atom. The van der Waals surface area contributed by atoms with Gasteiger partial charge in [0.15, 0.2) is 5.82 Å². The Morgan fingerprint density at radius 3 is 2.33 bits per heavy atom. The second kappa shape index (κ2) is 4.76. The second-order valence-electron chi connectivity index (χ2n) is 5.99. The van der Waals surface area contributed by atoms with Gasteiger partial charge in [0.05, 0.1) is 21.6 Å². The molecule has 21 heavy (non-hydrogen) atoms. The highest BCUT2D eigenvalue weighted by molar-refractivity contribution is 7.13. The molecule has 2 aromatic heterocycles. The molecular formula is C13H17BN4O2S. The molecule has 0 aromatic carbocycles. The Kier molecular flexibility index (Phi) is 3.27. The Balaban J connectivity index is 1.91. The van der Waals surface area contributed by atoms with E-state index in [1.165, 1.54) is 11.3 Å². The lowest BCUT2D eigenvalue weighted by atomic mass is 9.80. The van der Waals surface area contributed by atoms with Gasteiger partial charge < -0.3 is 15.0 Å². The fourth-order valence-corrected chi connectivity index (χ4v) is 2.56. The quantitative estimate of drug-likeness (QED) is 0.846. The minimum Gasteiger partial charge on any atom is -0.399 e. The van der Waals surface area contributed by atoms with E-state index in [2.05, 4.69) is 15.0 Å². The lowest BCUT2D eigenvalue weighted by Crippen LogP contribution is -2.41. The zero-order valence-electron chi connectivity index (χ0n) is 12.5. The number of nitrogen functional groups attached to an aromatic ring is 1. The van der Waals surface area contributed by atoms with Crippen molar-refractivity contribution in [1.29, 1.82) is 0 Å². The molecule has 2 N–H and O–H groups in total. The molecule has 1 fully saturated rings. The van der Waals surface area contributed by atoms with Crippen molar-refractivity contribution >= 4 is 29.7 Å². The number of hydrogen-bond donors (Lipinski definition) is 1. The van der Waals surface area contributed by atoms with Gasteiger partial charge in [-0.2, -0.15) is 0 Å². The number of nitrogens with zero attached hydrogens (tertiary/aromatic N) is 3. The van der Waals surface area contributed by atoms with Crippen molar-refractivity contribution in [2.45, 2.75) is 38.9 Å². The van der Waals surface area contributed by atoms with Gasteiger partial charge in [0.25, 0.3) is 0 Å². The van der Waals surface area contributed by atoms with E-state index in [9.17, 15) is 0 Å². The van der Waals surface area contributed by atoms with Crippen LogP contribution in [0.2, 0.25) is 0 Å². The highest BCUT2D eigenvalue weighted by Gasteiger charge is 2.52. The molecule has 1 aliphatic rings. The van der Waals surface area contributed by atoms with Crippen molar-refractivity contribution in [3.63, 3.8) is 0 Å². The molecule has 1 saturated heterocycles. The molecule has 0 amide bonds. The van der Waals surface area contributed by atoms with Crippen LogP contribution < -0.4 is 11.2 Å². The standard InChI is InChI=1S/C13H17BN4O2S/c1-12(2)13(3,4)20-14(19-12)8-5-17-11(18-10(8)15)9-6-16-7-21-9/h5-7H,1-4H3,(H2,15,17,18). The SMILES string of the molecule is CC1(C)OB(c2cnc(-c3cncs3)nc2N)OC1(C)C. The van der Waals surface area contributed by atoms with Gasteiger partial charge in [-0.05, 0) is 27.7 Å². The van der Waals surface area contributed by atoms with Crippen molar-refractivity contribution in [3.05, 3.63) is 17.9 Å². The fraction of sp³-hybridized carbons (Fsp3) is 0.462. The Labute approximate surface area is 127 Å². The maximum absolute atomic E-state index is 6.06. The van der Waals surface area contributed by atoms with E-state index in [0.717, 1.165) is 4.88 Å². The first-order chi connectivity index (χ1) is 9.80. The third-order valence-corrected chi connectivity index (χ3v) is 4.78. The molecule has 3 rings (SSSR count). The van der Waals surface area contributed by atoms with Crippen molar-refractivity contribution in [3.8, 4) is 10.7 Å². The predicted molar refractivity (Wildman–Crippen MR) is 83.3 cm³/mol. The summed E-state index contributed by atoms with van der Waals surface area (Å²) in [5, 5.41) is 0. The average molecular weight is 304 g/mol. The smallest absolute Gasteiger partial charge is 0.399 e. The molecule has 0 aliphatic carbocycles. The number of hydrogen-bond acceptors (Lipinski definition) is 7. The zero-order valence-corrected chi connectivity index (χ0v) is 13.3. The maximum atomic E-state index is 6.06. The molecule has 3 heterocycles. The van der Waals surface area contributed by atoms with Crippen LogP contribution in [0, 0.1) is 0 Å². The van der Waals surface area contributed by atoms with Crippen molar-refractivity contribution in [1.82, 2.24) is 15.0 Å². The molecule has 110 valence electrons. The summed E-state index contributed by atoms with van der Waals surface area (Å²) >= 11 is 1.47. The third-order valence-electron chi connectivity index (χ3n) is 4.01. The minimum absolute atomic E-state index is 0.368. The van der Waals surface area contributed by atoms with E-state index >= 15 is 0 Å². The van der Waals surface area contributed by atoms with Gasteiger partial charge in [-0.25, -0.2) is 9.97 Å². The number of nitrogens with two attached hydrogens (primary N) is 1. The molecule has 0 saturated carbocycles. The van der Waals surface area contributed by atoms with Crippen molar-refractivity contribution in [2.24, 2.45) is 0 Å². The van der Waals surface area contributed by atoms with Gasteiger partial charge in [0.1, 0.15) is 5.82 Å². The first-order valence-electron chi connectivity index (χ1n) is 6.67. The fourth-order valence-electron chi connectivity index (χ4n) is 2.00. The van der Waals surface area contributed by atoms with Crippen LogP contribution in [0.5, 0.6) is 0 Å². The van der Waals surface area contributed by atoms with Gasteiger partial charge in [-0.3, -0.25) is 4.98 Å². The Hall–Kier alpha value is -1.51. The summed E-state index contributed by atoms with van der Waals surface area (Å²) in [6, 6.07) is 0. The van der Waals surface area contributed by atoms with Gasteiger partial charge in [-0.1, -0.05) is 0 Å². The molecule has 1 aliphatic heterocycles. The summed E-state index contributed by atoms with van der Waals surface area (Å²) in [5.41, 5.74) is 7.61. The van der Waals surface area contributed by atoms with Crippen LogP contribution in [0.1, 0.15) is 27.7 Å². The summed E-state index contributed by atoms with van der Waals surface area (Å²) in [6.45, 7) is 7.98. The van der Waals surface area contributed by atoms with Gasteiger partial charge in [0.2, 0.25) is 0 Å². The van der Waals surface area contributed by atoms with E-state index in [1.54, 1.807) is 17.9 Å². The first-order valence-corrected chi connectivity index (χ1v) is 7.55. The van der Waals surface area contributed by atoms with E-state index in [1.807, 2.05) is 27.7 Å². The van der Waals surface area contributed by atoms with Crippen molar-refractivity contribution in [2.75, 3.05) is 5.73 Å². The van der Waals surface area contributed by atoms with E-state index in [-0.39, 0.29) is 0 Å². The van der Waals surface area contributed by atoms with Crippen LogP contribution >= 0.6 is 11.3 Å². The van der Waals surface area contributed by atoms with Crippen LogP contribution in [0.15, 0.2) is 17.9 Å². The number of thiazole rings is 1. The minimum atomic E-state index is -0.550. The summed E-state index contributed by atoms with van der Waals surface area (Å²) in [6.07, 6.45) is 3.38. The van der Waals surface area contributed by atoms with Gasteiger partial charge >= 0.3 is 7.12 Å². The van der Waals surface area contributed by atoms with E-state index in [4.69, 9.17) is 15.0 Å². The van der Waals surface area contributed by atoms with Gasteiger partial charge in [-0.15, -0.1) is 11.3 Å². The summed E-state index contributed by atoms with van der Waals surface area (Å²) in [4.78, 5) is 13.6. The number of anilines is 1. The van der Waals surface area contributed by atoms with Gasteiger partial charge in [0, 0.05) is 17.9 Å². The largest absolute Gasteiger partial charge is 0.500 e. The predicted octanol–water partition coefficient (Wildman–Crippen LogP) is 1.48. The summed E-state index contributed by atoms with van der Waals surface area (Å²) < 4.78 is 11.9. The molecular weight excluding hydrogens is 287 g/mol. The van der Waals surface area contributed by atoms with Crippen molar-refractivity contribution < 1.29 is 9.31 Å². The Bertz CT molecular complexity index is 644. The number of aromatic nitrogens is 3. The molecule has 2 aromatic rings. The zero-order chi connectivity index (χ0) is 15.3. The van der Waals surface area contributed by atoms with Crippen LogP contribution in [0.25, 0.3) is 10.7 Å². The molecule has 0 spiro atoms. The topological polar surface area (TPSA) is 83.2 Å². The maximum Gasteiger partial charge on any atom is 0.500 e. The molecule has 8 heteroatoms. The average Bonchev–Trinajstić information content (AvgIpc) is 2.96. The van der Waals surface area contributed by atoms with E-state index in [0.29, 0.717) is 17.1 Å². The third kappa shape index (κ3) is 2.43. The molecule has 0 atom stereocenters. The lowest BCUT2D eigenvalue weighted by Gasteiger charge is -2.32. The Morgan fingerprint density at radius 1 is 1.14 bits per heavy atom. The molecule has 0 radical (unpaired) electrons. The normalized spacial score (nSPS) is 19.9. The highest BCUT2D eigenvalue weighted by Crippen LogP contribution is 2.36. The second-order valence-corrected chi connectivity index (χ2v) is 6.87. The monoisotopic (exact) mass is 304 g/mol. The first kappa shape index (κ1) is 14.4. The molecule has 0 bridgehead atoms. The molecule has 0 unspecified atom stereocenters. The van der Waals surface area contributed by atoms with Crippen LogP contribution in [0.3, 0.4) is 0 Å². The molecule has 6 nitrogen and oxygen atoms in total. The highest BCUT2D eigenvalue weighted by atomic mass is 32.1. The van der Waals surface area contributed by atoms with Crippen LogP contribution in [0.4, 0.5) is 5.82 Å². The summed E-state index contributed by atoms with van der Waals surface area (Å²) in [7, 11) is -0.550. The number of rotatable bonds is 2. The van der Waals surface area contributed by atoms with Crippen LogP contribution in [-0.4, -0.2) is 33.3 Å². The van der Waals surface area contributed by atoms with E-state index < -0.39 is 18.3 Å². The summed E-state index contributed by atoms with van der Waals surface area (Å²) in [5.74, 6) is 0.933.